The number of aromatic nitrogens is 1. The zero-order chi connectivity index (χ0) is 17.2. The van der Waals surface area contributed by atoms with E-state index in [-0.39, 0.29) is 0 Å². The summed E-state index contributed by atoms with van der Waals surface area (Å²) in [5.41, 5.74) is 6.76. The van der Waals surface area contributed by atoms with E-state index in [4.69, 9.17) is 4.74 Å². The van der Waals surface area contributed by atoms with Crippen molar-refractivity contribution in [1.29, 1.82) is 0 Å². The molecule has 1 aliphatic rings. The lowest BCUT2D eigenvalue weighted by molar-refractivity contribution is 0.415. The van der Waals surface area contributed by atoms with Crippen molar-refractivity contribution in [2.24, 2.45) is 5.92 Å². The molecule has 1 aromatic heterocycles. The Hall–Kier alpha value is -2.48. The summed E-state index contributed by atoms with van der Waals surface area (Å²) in [5, 5.41) is 1.27. The predicted molar refractivity (Wildman–Crippen MR) is 105 cm³/mol. The summed E-state index contributed by atoms with van der Waals surface area (Å²) in [4.78, 5) is 3.63. The van der Waals surface area contributed by atoms with Crippen LogP contribution in [0, 0.1) is 12.8 Å². The quantitative estimate of drug-likeness (QED) is 0.631. The molecular formula is C23H25NO. The summed E-state index contributed by atoms with van der Waals surface area (Å²) in [7, 11) is 1.72. The maximum atomic E-state index is 5.37. The van der Waals surface area contributed by atoms with Gasteiger partial charge in [0.05, 0.1) is 7.11 Å². The second kappa shape index (κ2) is 6.79. The van der Waals surface area contributed by atoms with Gasteiger partial charge in [0.25, 0.3) is 0 Å². The maximum absolute atomic E-state index is 5.37. The minimum absolute atomic E-state index is 0.760. The molecule has 0 saturated heterocycles. The van der Waals surface area contributed by atoms with Crippen LogP contribution in [0.4, 0.5) is 0 Å². The number of benzene rings is 2. The van der Waals surface area contributed by atoms with Gasteiger partial charge in [0.1, 0.15) is 5.75 Å². The minimum atomic E-state index is 0.760. The molecule has 0 spiro atoms. The SMILES string of the molecule is COc1ccc2[nH]c(C3=CCC(Cc4ccccc4)CC3)c(C)c2c1. The van der Waals surface area contributed by atoms with Crippen LogP contribution in [0.5, 0.6) is 5.75 Å². The molecular weight excluding hydrogens is 306 g/mol. The highest BCUT2D eigenvalue weighted by Gasteiger charge is 2.19. The molecule has 3 aromatic rings. The van der Waals surface area contributed by atoms with Crippen LogP contribution in [0.3, 0.4) is 0 Å². The summed E-state index contributed by atoms with van der Waals surface area (Å²) in [5.74, 6) is 1.68. The molecule has 2 aromatic carbocycles. The number of rotatable bonds is 4. The van der Waals surface area contributed by atoms with E-state index in [0.29, 0.717) is 0 Å². The van der Waals surface area contributed by atoms with Gasteiger partial charge in [-0.05, 0) is 73.4 Å². The third-order valence-electron chi connectivity index (χ3n) is 5.47. The Balaban J connectivity index is 1.55. The lowest BCUT2D eigenvalue weighted by Gasteiger charge is -2.22. The van der Waals surface area contributed by atoms with Crippen molar-refractivity contribution >= 4 is 16.5 Å². The number of hydrogen-bond donors (Lipinski definition) is 1. The Labute approximate surface area is 149 Å². The second-order valence-corrected chi connectivity index (χ2v) is 7.10. The first-order valence-corrected chi connectivity index (χ1v) is 9.14. The van der Waals surface area contributed by atoms with Crippen molar-refractivity contribution in [1.82, 2.24) is 4.98 Å². The van der Waals surface area contributed by atoms with E-state index >= 15 is 0 Å². The standard InChI is InChI=1S/C23H25NO/c1-16-21-15-20(25-2)12-13-22(21)24-23(16)19-10-8-18(9-11-19)14-17-6-4-3-5-7-17/h3-7,10,12-13,15,18,24H,8-9,11,14H2,1-2H3. The zero-order valence-electron chi connectivity index (χ0n) is 15.0. The van der Waals surface area contributed by atoms with E-state index < -0.39 is 0 Å². The highest BCUT2D eigenvalue weighted by Crippen LogP contribution is 2.36. The topological polar surface area (TPSA) is 25.0 Å². The molecule has 0 fully saturated rings. The number of H-pyrrole nitrogens is 1. The van der Waals surface area contributed by atoms with Crippen molar-refractivity contribution in [2.45, 2.75) is 32.6 Å². The summed E-state index contributed by atoms with van der Waals surface area (Å²) < 4.78 is 5.37. The number of fused-ring (bicyclic) bond motifs is 1. The Morgan fingerprint density at radius 1 is 1.12 bits per heavy atom. The Morgan fingerprint density at radius 3 is 2.68 bits per heavy atom. The number of methoxy groups -OCH3 is 1. The van der Waals surface area contributed by atoms with Crippen LogP contribution >= 0.6 is 0 Å². The summed E-state index contributed by atoms with van der Waals surface area (Å²) >= 11 is 0. The van der Waals surface area contributed by atoms with Gasteiger partial charge in [-0.3, -0.25) is 0 Å². The van der Waals surface area contributed by atoms with Crippen LogP contribution in [0.2, 0.25) is 0 Å². The fourth-order valence-corrected chi connectivity index (χ4v) is 4.00. The summed E-state index contributed by atoms with van der Waals surface area (Å²) in [6.07, 6.45) is 7.23. The molecule has 2 nitrogen and oxygen atoms in total. The number of aromatic amines is 1. The van der Waals surface area contributed by atoms with Crippen molar-refractivity contribution in [2.75, 3.05) is 7.11 Å². The third kappa shape index (κ3) is 3.21. The molecule has 1 N–H and O–H groups in total. The van der Waals surface area contributed by atoms with Gasteiger partial charge in [0, 0.05) is 16.6 Å². The normalized spacial score (nSPS) is 17.5. The first-order chi connectivity index (χ1) is 12.2. The molecule has 0 bridgehead atoms. The highest BCUT2D eigenvalue weighted by molar-refractivity contribution is 5.90. The Kier molecular flexibility index (Phi) is 4.35. The third-order valence-corrected chi connectivity index (χ3v) is 5.47. The van der Waals surface area contributed by atoms with E-state index in [1.807, 2.05) is 6.07 Å². The monoisotopic (exact) mass is 331 g/mol. The van der Waals surface area contributed by atoms with E-state index in [1.165, 1.54) is 52.6 Å². The molecule has 0 saturated carbocycles. The van der Waals surface area contributed by atoms with Crippen molar-refractivity contribution < 1.29 is 4.74 Å². The molecule has 0 amide bonds. The molecule has 1 aliphatic carbocycles. The van der Waals surface area contributed by atoms with Gasteiger partial charge in [0.2, 0.25) is 0 Å². The van der Waals surface area contributed by atoms with Crippen molar-refractivity contribution in [3.63, 3.8) is 0 Å². The summed E-state index contributed by atoms with van der Waals surface area (Å²) in [6.45, 7) is 2.21. The maximum Gasteiger partial charge on any atom is 0.119 e. The Bertz CT molecular complexity index is 904. The van der Waals surface area contributed by atoms with Crippen molar-refractivity contribution in [3.8, 4) is 5.75 Å². The van der Waals surface area contributed by atoms with Crippen molar-refractivity contribution in [3.05, 3.63) is 71.4 Å². The van der Waals surface area contributed by atoms with Crippen LogP contribution in [0.1, 0.15) is 36.1 Å². The molecule has 1 atom stereocenters. The number of hydrogen-bond acceptors (Lipinski definition) is 1. The smallest absolute Gasteiger partial charge is 0.119 e. The lowest BCUT2D eigenvalue weighted by atomic mass is 9.84. The van der Waals surface area contributed by atoms with Gasteiger partial charge in [-0.15, -0.1) is 0 Å². The molecule has 0 radical (unpaired) electrons. The van der Waals surface area contributed by atoms with E-state index in [9.17, 15) is 0 Å². The molecule has 2 heteroatoms. The average molecular weight is 331 g/mol. The van der Waals surface area contributed by atoms with Crippen LogP contribution in [0.25, 0.3) is 16.5 Å². The Morgan fingerprint density at radius 2 is 1.96 bits per heavy atom. The van der Waals surface area contributed by atoms with Crippen LogP contribution in [-0.4, -0.2) is 12.1 Å². The number of ether oxygens (including phenoxy) is 1. The molecule has 25 heavy (non-hydrogen) atoms. The van der Waals surface area contributed by atoms with Gasteiger partial charge in [-0.25, -0.2) is 0 Å². The van der Waals surface area contributed by atoms with Crippen LogP contribution < -0.4 is 4.74 Å². The number of nitrogens with one attached hydrogen (secondary N) is 1. The van der Waals surface area contributed by atoms with Gasteiger partial charge in [0.15, 0.2) is 0 Å². The summed E-state index contributed by atoms with van der Waals surface area (Å²) in [6, 6.07) is 17.1. The first kappa shape index (κ1) is 16.0. The predicted octanol–water partition coefficient (Wildman–Crippen LogP) is 5.91. The highest BCUT2D eigenvalue weighted by atomic mass is 16.5. The number of allylic oxidation sites excluding steroid dienone is 2. The second-order valence-electron chi connectivity index (χ2n) is 7.10. The van der Waals surface area contributed by atoms with E-state index in [0.717, 1.165) is 18.1 Å². The molecule has 1 heterocycles. The minimum Gasteiger partial charge on any atom is -0.497 e. The van der Waals surface area contributed by atoms with E-state index in [2.05, 4.69) is 60.4 Å². The van der Waals surface area contributed by atoms with Crippen LogP contribution in [-0.2, 0) is 6.42 Å². The fraction of sp³-hybridized carbons (Fsp3) is 0.304. The van der Waals surface area contributed by atoms with E-state index in [1.54, 1.807) is 7.11 Å². The van der Waals surface area contributed by atoms with Gasteiger partial charge >= 0.3 is 0 Å². The zero-order valence-corrected chi connectivity index (χ0v) is 15.0. The molecule has 1 unspecified atom stereocenters. The van der Waals surface area contributed by atoms with Gasteiger partial charge in [-0.1, -0.05) is 36.4 Å². The molecule has 0 aliphatic heterocycles. The number of aryl methyl sites for hydroxylation is 1. The van der Waals surface area contributed by atoms with Gasteiger partial charge < -0.3 is 9.72 Å². The lowest BCUT2D eigenvalue weighted by Crippen LogP contribution is -2.09. The average Bonchev–Trinajstić information content (AvgIpc) is 2.99. The van der Waals surface area contributed by atoms with Crippen LogP contribution in [0.15, 0.2) is 54.6 Å². The van der Waals surface area contributed by atoms with Gasteiger partial charge in [-0.2, -0.15) is 0 Å². The molecule has 128 valence electrons. The fourth-order valence-electron chi connectivity index (χ4n) is 4.00. The first-order valence-electron chi connectivity index (χ1n) is 9.14. The largest absolute Gasteiger partial charge is 0.497 e. The molecule has 4 rings (SSSR count).